The number of nitrogens with zero attached hydrogens (tertiary/aromatic N) is 1. The molecule has 0 amide bonds. The summed E-state index contributed by atoms with van der Waals surface area (Å²) in [4.78, 5) is 4.04. The Hall–Kier alpha value is -0.960. The van der Waals surface area contributed by atoms with E-state index in [9.17, 15) is 4.39 Å². The lowest BCUT2D eigenvalue weighted by Crippen LogP contribution is -2.26. The van der Waals surface area contributed by atoms with Crippen LogP contribution in [0.4, 0.5) is 4.39 Å². The fraction of sp³-hybridized carbons (Fsp3) is 0.615. The maximum Gasteiger partial charge on any atom is 0.146 e. The molecule has 0 aliphatic heterocycles. The topological polar surface area (TPSA) is 24.9 Å². The van der Waals surface area contributed by atoms with Crippen LogP contribution in [0.3, 0.4) is 0 Å². The number of hydrogen-bond acceptors (Lipinski definition) is 2. The second kappa shape index (κ2) is 5.39. The molecular weight excluding hydrogens is 203 g/mol. The number of halogens is 1. The van der Waals surface area contributed by atoms with Gasteiger partial charge in [-0.3, -0.25) is 4.98 Å². The number of nitrogens with one attached hydrogen (secondary N) is 1. The van der Waals surface area contributed by atoms with Gasteiger partial charge in [-0.15, -0.1) is 0 Å². The molecule has 2 atom stereocenters. The van der Waals surface area contributed by atoms with Crippen molar-refractivity contribution in [2.45, 2.75) is 45.2 Å². The quantitative estimate of drug-likeness (QED) is 0.847. The first-order valence-corrected chi connectivity index (χ1v) is 6.12. The van der Waals surface area contributed by atoms with Crippen LogP contribution in [0.5, 0.6) is 0 Å². The van der Waals surface area contributed by atoms with E-state index in [1.54, 1.807) is 12.3 Å². The van der Waals surface area contributed by atoms with Crippen LogP contribution >= 0.6 is 0 Å². The van der Waals surface area contributed by atoms with Gasteiger partial charge in [0.05, 0.1) is 5.69 Å². The third kappa shape index (κ3) is 2.79. The summed E-state index contributed by atoms with van der Waals surface area (Å²) >= 11 is 0. The molecule has 1 saturated carbocycles. The van der Waals surface area contributed by atoms with E-state index in [2.05, 4.69) is 17.2 Å². The normalized spacial score (nSPS) is 24.9. The summed E-state index contributed by atoms with van der Waals surface area (Å²) in [5.41, 5.74) is 0.530. The first kappa shape index (κ1) is 11.5. The first-order chi connectivity index (χ1) is 7.79. The Bertz CT molecular complexity index is 340. The van der Waals surface area contributed by atoms with E-state index in [1.807, 2.05) is 0 Å². The van der Waals surface area contributed by atoms with Gasteiger partial charge in [-0.25, -0.2) is 4.39 Å². The molecule has 0 aromatic carbocycles. The third-order valence-electron chi connectivity index (χ3n) is 3.51. The van der Waals surface area contributed by atoms with Crippen molar-refractivity contribution in [3.63, 3.8) is 0 Å². The monoisotopic (exact) mass is 222 g/mol. The van der Waals surface area contributed by atoms with Gasteiger partial charge in [-0.1, -0.05) is 13.3 Å². The summed E-state index contributed by atoms with van der Waals surface area (Å²) in [6, 6.07) is 3.64. The highest BCUT2D eigenvalue weighted by atomic mass is 19.1. The van der Waals surface area contributed by atoms with Crippen molar-refractivity contribution in [3.05, 3.63) is 29.8 Å². The summed E-state index contributed by atoms with van der Waals surface area (Å²) < 4.78 is 13.3. The van der Waals surface area contributed by atoms with E-state index in [-0.39, 0.29) is 5.82 Å². The highest BCUT2D eigenvalue weighted by molar-refractivity contribution is 5.06. The van der Waals surface area contributed by atoms with E-state index >= 15 is 0 Å². The molecule has 0 bridgehead atoms. The molecule has 1 aliphatic rings. The van der Waals surface area contributed by atoms with Crippen LogP contribution in [0, 0.1) is 11.7 Å². The lowest BCUT2D eigenvalue weighted by Gasteiger charge is -2.12. The highest BCUT2D eigenvalue weighted by Crippen LogP contribution is 2.27. The van der Waals surface area contributed by atoms with Gasteiger partial charge in [0.25, 0.3) is 0 Å². The Labute approximate surface area is 96.3 Å². The number of rotatable bonds is 4. The van der Waals surface area contributed by atoms with Crippen molar-refractivity contribution in [3.8, 4) is 0 Å². The van der Waals surface area contributed by atoms with Crippen molar-refractivity contribution in [2.75, 3.05) is 0 Å². The molecule has 16 heavy (non-hydrogen) atoms. The predicted molar refractivity (Wildman–Crippen MR) is 62.5 cm³/mol. The van der Waals surface area contributed by atoms with Gasteiger partial charge in [0.15, 0.2) is 0 Å². The molecule has 88 valence electrons. The predicted octanol–water partition coefficient (Wildman–Crippen LogP) is 2.89. The van der Waals surface area contributed by atoms with Gasteiger partial charge < -0.3 is 5.32 Å². The molecule has 1 aromatic heterocycles. The Kier molecular flexibility index (Phi) is 3.88. The number of hydrogen-bond donors (Lipinski definition) is 1. The molecule has 1 aliphatic carbocycles. The zero-order valence-electron chi connectivity index (χ0n) is 9.75. The fourth-order valence-electron chi connectivity index (χ4n) is 2.42. The van der Waals surface area contributed by atoms with Crippen LogP contribution in [-0.4, -0.2) is 11.0 Å². The minimum absolute atomic E-state index is 0.208. The van der Waals surface area contributed by atoms with Crippen molar-refractivity contribution in [1.29, 1.82) is 0 Å². The van der Waals surface area contributed by atoms with Crippen molar-refractivity contribution in [1.82, 2.24) is 10.3 Å². The fourth-order valence-corrected chi connectivity index (χ4v) is 2.42. The minimum Gasteiger partial charge on any atom is -0.308 e. The third-order valence-corrected chi connectivity index (χ3v) is 3.51. The zero-order chi connectivity index (χ0) is 11.4. The minimum atomic E-state index is -0.208. The maximum atomic E-state index is 13.3. The highest BCUT2D eigenvalue weighted by Gasteiger charge is 2.22. The molecule has 1 heterocycles. The van der Waals surface area contributed by atoms with Crippen LogP contribution in [-0.2, 0) is 6.54 Å². The Morgan fingerprint density at radius 3 is 3.06 bits per heavy atom. The van der Waals surface area contributed by atoms with Gasteiger partial charge in [0, 0.05) is 18.8 Å². The average Bonchev–Trinajstić information content (AvgIpc) is 2.76. The standard InChI is InChI=1S/C13H19FN2/c1-2-10-5-6-11(8-10)16-9-13-12(14)4-3-7-15-13/h3-4,7,10-11,16H,2,5-6,8-9H2,1H3. The molecule has 1 fully saturated rings. The SMILES string of the molecule is CCC1CCC(NCc2ncccc2F)C1. The molecule has 1 aromatic rings. The molecule has 2 unspecified atom stereocenters. The van der Waals surface area contributed by atoms with Crippen LogP contribution in [0.2, 0.25) is 0 Å². The summed E-state index contributed by atoms with van der Waals surface area (Å²) in [7, 11) is 0. The van der Waals surface area contributed by atoms with Crippen molar-refractivity contribution in [2.24, 2.45) is 5.92 Å². The van der Waals surface area contributed by atoms with Crippen molar-refractivity contribution < 1.29 is 4.39 Å². The smallest absolute Gasteiger partial charge is 0.146 e. The second-order valence-corrected chi connectivity index (χ2v) is 4.60. The van der Waals surface area contributed by atoms with E-state index in [0.29, 0.717) is 18.3 Å². The van der Waals surface area contributed by atoms with Crippen LogP contribution in [0.1, 0.15) is 38.3 Å². The molecule has 0 spiro atoms. The molecule has 2 nitrogen and oxygen atoms in total. The van der Waals surface area contributed by atoms with Gasteiger partial charge in [0.1, 0.15) is 5.82 Å². The molecule has 0 saturated heterocycles. The van der Waals surface area contributed by atoms with Crippen LogP contribution in [0.15, 0.2) is 18.3 Å². The Morgan fingerprint density at radius 1 is 1.50 bits per heavy atom. The summed E-state index contributed by atoms with van der Waals surface area (Å²) in [6.45, 7) is 2.79. The van der Waals surface area contributed by atoms with E-state index in [1.165, 1.54) is 31.7 Å². The largest absolute Gasteiger partial charge is 0.308 e. The lowest BCUT2D eigenvalue weighted by atomic mass is 10.1. The first-order valence-electron chi connectivity index (χ1n) is 6.12. The summed E-state index contributed by atoms with van der Waals surface area (Å²) in [5.74, 6) is 0.645. The lowest BCUT2D eigenvalue weighted by molar-refractivity contribution is 0.467. The summed E-state index contributed by atoms with van der Waals surface area (Å²) in [5, 5.41) is 3.40. The average molecular weight is 222 g/mol. The molecular formula is C13H19FN2. The number of pyridine rings is 1. The molecule has 0 radical (unpaired) electrons. The molecule has 2 rings (SSSR count). The van der Waals surface area contributed by atoms with Gasteiger partial charge in [-0.2, -0.15) is 0 Å². The second-order valence-electron chi connectivity index (χ2n) is 4.60. The van der Waals surface area contributed by atoms with E-state index in [0.717, 1.165) is 5.92 Å². The van der Waals surface area contributed by atoms with Gasteiger partial charge in [-0.05, 0) is 37.3 Å². The van der Waals surface area contributed by atoms with E-state index < -0.39 is 0 Å². The Balaban J connectivity index is 1.82. The Morgan fingerprint density at radius 2 is 2.38 bits per heavy atom. The zero-order valence-corrected chi connectivity index (χ0v) is 9.75. The van der Waals surface area contributed by atoms with Crippen molar-refractivity contribution >= 4 is 0 Å². The van der Waals surface area contributed by atoms with Gasteiger partial charge >= 0.3 is 0 Å². The van der Waals surface area contributed by atoms with Crippen LogP contribution < -0.4 is 5.32 Å². The molecule has 3 heteroatoms. The summed E-state index contributed by atoms with van der Waals surface area (Å²) in [6.07, 6.45) is 6.65. The van der Waals surface area contributed by atoms with E-state index in [4.69, 9.17) is 0 Å². The number of aromatic nitrogens is 1. The van der Waals surface area contributed by atoms with Crippen LogP contribution in [0.25, 0.3) is 0 Å². The maximum absolute atomic E-state index is 13.3. The molecule has 1 N–H and O–H groups in total. The van der Waals surface area contributed by atoms with Gasteiger partial charge in [0.2, 0.25) is 0 Å².